The second kappa shape index (κ2) is 6.01. The van der Waals surface area contributed by atoms with Gasteiger partial charge in [-0.05, 0) is 44.7 Å². The van der Waals surface area contributed by atoms with Gasteiger partial charge in [-0.15, -0.1) is 0 Å². The van der Waals surface area contributed by atoms with E-state index >= 15 is 0 Å². The van der Waals surface area contributed by atoms with Gasteiger partial charge in [0.1, 0.15) is 11.4 Å². The van der Waals surface area contributed by atoms with Crippen LogP contribution < -0.4 is 4.74 Å². The number of pyridine rings is 1. The average molecular weight is 235 g/mol. The lowest BCUT2D eigenvalue weighted by atomic mass is 10.1. The Kier molecular flexibility index (Phi) is 4.37. The average Bonchev–Trinajstić information content (AvgIpc) is 2.60. The monoisotopic (exact) mass is 235 g/mol. The predicted octanol–water partition coefficient (Wildman–Crippen LogP) is 2.98. The summed E-state index contributed by atoms with van der Waals surface area (Å²) in [6.45, 7) is 1.87. The molecule has 1 aliphatic carbocycles. The molecule has 0 radical (unpaired) electrons. The minimum absolute atomic E-state index is 0.0519. The zero-order chi connectivity index (χ0) is 12.1. The maximum absolute atomic E-state index is 9.29. The molecular weight excluding hydrogens is 214 g/mol. The van der Waals surface area contributed by atoms with E-state index in [-0.39, 0.29) is 6.61 Å². The molecule has 1 fully saturated rings. The van der Waals surface area contributed by atoms with Crippen molar-refractivity contribution in [3.05, 3.63) is 23.5 Å². The van der Waals surface area contributed by atoms with Gasteiger partial charge in [-0.25, -0.2) is 0 Å². The van der Waals surface area contributed by atoms with E-state index in [4.69, 9.17) is 4.74 Å². The second-order valence-electron chi connectivity index (χ2n) is 4.79. The van der Waals surface area contributed by atoms with Crippen LogP contribution in [0.3, 0.4) is 0 Å². The Morgan fingerprint density at radius 1 is 1.24 bits per heavy atom. The first-order valence-corrected chi connectivity index (χ1v) is 6.53. The predicted molar refractivity (Wildman–Crippen MR) is 67.0 cm³/mol. The fraction of sp³-hybridized carbons (Fsp3) is 0.643. The number of hydrogen-bond acceptors (Lipinski definition) is 3. The van der Waals surface area contributed by atoms with Crippen LogP contribution in [0.1, 0.15) is 49.9 Å². The van der Waals surface area contributed by atoms with E-state index < -0.39 is 0 Å². The van der Waals surface area contributed by atoms with E-state index in [1.807, 2.05) is 19.1 Å². The summed E-state index contributed by atoms with van der Waals surface area (Å²) < 4.78 is 5.99. The highest BCUT2D eigenvalue weighted by Crippen LogP contribution is 2.24. The van der Waals surface area contributed by atoms with Crippen LogP contribution in [0, 0.1) is 6.92 Å². The fourth-order valence-electron chi connectivity index (χ4n) is 2.36. The van der Waals surface area contributed by atoms with Gasteiger partial charge in [0.15, 0.2) is 0 Å². The molecule has 0 bridgehead atoms. The van der Waals surface area contributed by atoms with Crippen LogP contribution >= 0.6 is 0 Å². The van der Waals surface area contributed by atoms with Crippen molar-refractivity contribution in [2.45, 2.75) is 58.2 Å². The third-order valence-corrected chi connectivity index (χ3v) is 3.32. The SMILES string of the molecule is Cc1ccc(OC2CCCCCC2)c(CO)n1. The lowest BCUT2D eigenvalue weighted by molar-refractivity contribution is 0.174. The quantitative estimate of drug-likeness (QED) is 0.819. The van der Waals surface area contributed by atoms with Gasteiger partial charge in [-0.3, -0.25) is 4.98 Å². The fourth-order valence-corrected chi connectivity index (χ4v) is 2.36. The third kappa shape index (κ3) is 3.43. The minimum Gasteiger partial charge on any atom is -0.488 e. The molecule has 1 aromatic heterocycles. The van der Waals surface area contributed by atoms with Crippen molar-refractivity contribution < 1.29 is 9.84 Å². The highest BCUT2D eigenvalue weighted by molar-refractivity contribution is 5.28. The van der Waals surface area contributed by atoms with Crippen molar-refractivity contribution >= 4 is 0 Å². The molecule has 0 aliphatic heterocycles. The summed E-state index contributed by atoms with van der Waals surface area (Å²) in [5, 5.41) is 9.29. The van der Waals surface area contributed by atoms with E-state index in [9.17, 15) is 5.11 Å². The van der Waals surface area contributed by atoms with E-state index in [1.54, 1.807) is 0 Å². The van der Waals surface area contributed by atoms with E-state index in [2.05, 4.69) is 4.98 Å². The van der Waals surface area contributed by atoms with Crippen molar-refractivity contribution in [1.82, 2.24) is 4.98 Å². The zero-order valence-electron chi connectivity index (χ0n) is 10.5. The summed E-state index contributed by atoms with van der Waals surface area (Å²) in [5.74, 6) is 0.755. The largest absolute Gasteiger partial charge is 0.488 e. The Morgan fingerprint density at radius 2 is 1.94 bits per heavy atom. The lowest BCUT2D eigenvalue weighted by Gasteiger charge is -2.18. The number of aliphatic hydroxyl groups excluding tert-OH is 1. The summed E-state index contributed by atoms with van der Waals surface area (Å²) in [4.78, 5) is 4.31. The van der Waals surface area contributed by atoms with Crippen LogP contribution in [-0.4, -0.2) is 16.2 Å². The first-order valence-electron chi connectivity index (χ1n) is 6.53. The summed E-state index contributed by atoms with van der Waals surface area (Å²) in [6.07, 6.45) is 7.68. The number of ether oxygens (including phenoxy) is 1. The Morgan fingerprint density at radius 3 is 2.59 bits per heavy atom. The van der Waals surface area contributed by atoms with Gasteiger partial charge in [-0.2, -0.15) is 0 Å². The topological polar surface area (TPSA) is 42.4 Å². The maximum Gasteiger partial charge on any atom is 0.143 e. The molecule has 1 aliphatic rings. The van der Waals surface area contributed by atoms with Crippen molar-refractivity contribution in [2.24, 2.45) is 0 Å². The number of rotatable bonds is 3. The maximum atomic E-state index is 9.29. The lowest BCUT2D eigenvalue weighted by Crippen LogP contribution is -2.16. The molecule has 0 atom stereocenters. The number of nitrogens with zero attached hydrogens (tertiary/aromatic N) is 1. The highest BCUT2D eigenvalue weighted by atomic mass is 16.5. The molecule has 3 nitrogen and oxygen atoms in total. The molecule has 1 aromatic rings. The van der Waals surface area contributed by atoms with Crippen LogP contribution in [0.4, 0.5) is 0 Å². The van der Waals surface area contributed by atoms with Crippen molar-refractivity contribution in [3.63, 3.8) is 0 Å². The Balaban J connectivity index is 2.06. The zero-order valence-corrected chi connectivity index (χ0v) is 10.5. The molecule has 0 aromatic carbocycles. The standard InChI is InChI=1S/C14H21NO2/c1-11-8-9-14(13(10-16)15-11)17-12-6-4-2-3-5-7-12/h8-9,12,16H,2-7,10H2,1H3. The molecule has 3 heteroatoms. The van der Waals surface area contributed by atoms with Crippen LogP contribution in [0.5, 0.6) is 5.75 Å². The van der Waals surface area contributed by atoms with Gasteiger partial charge in [-0.1, -0.05) is 12.8 Å². The molecule has 94 valence electrons. The van der Waals surface area contributed by atoms with Crippen molar-refractivity contribution in [3.8, 4) is 5.75 Å². The van der Waals surface area contributed by atoms with Crippen LogP contribution in [-0.2, 0) is 6.61 Å². The van der Waals surface area contributed by atoms with Crippen LogP contribution in [0.2, 0.25) is 0 Å². The molecule has 0 unspecified atom stereocenters. The molecule has 2 rings (SSSR count). The van der Waals surface area contributed by atoms with E-state index in [0.717, 1.165) is 24.3 Å². The summed E-state index contributed by atoms with van der Waals surface area (Å²) in [7, 11) is 0. The summed E-state index contributed by atoms with van der Waals surface area (Å²) in [6, 6.07) is 3.87. The first kappa shape index (κ1) is 12.4. The summed E-state index contributed by atoms with van der Waals surface area (Å²) >= 11 is 0. The smallest absolute Gasteiger partial charge is 0.143 e. The molecule has 1 N–H and O–H groups in total. The third-order valence-electron chi connectivity index (χ3n) is 3.32. The van der Waals surface area contributed by atoms with Crippen molar-refractivity contribution in [2.75, 3.05) is 0 Å². The van der Waals surface area contributed by atoms with Crippen LogP contribution in [0.15, 0.2) is 12.1 Å². The number of hydrogen-bond donors (Lipinski definition) is 1. The number of aryl methyl sites for hydroxylation is 1. The molecule has 1 saturated carbocycles. The van der Waals surface area contributed by atoms with Gasteiger partial charge in [0.25, 0.3) is 0 Å². The minimum atomic E-state index is -0.0519. The van der Waals surface area contributed by atoms with Gasteiger partial charge in [0.2, 0.25) is 0 Å². The Labute approximate surface area is 103 Å². The molecular formula is C14H21NO2. The normalized spacial score (nSPS) is 17.8. The van der Waals surface area contributed by atoms with Gasteiger partial charge >= 0.3 is 0 Å². The molecule has 17 heavy (non-hydrogen) atoms. The molecule has 0 saturated heterocycles. The first-order chi connectivity index (χ1) is 8.29. The number of aliphatic hydroxyl groups is 1. The van der Waals surface area contributed by atoms with Gasteiger partial charge in [0, 0.05) is 5.69 Å². The van der Waals surface area contributed by atoms with Crippen LogP contribution in [0.25, 0.3) is 0 Å². The molecule has 1 heterocycles. The molecule has 0 spiro atoms. The highest BCUT2D eigenvalue weighted by Gasteiger charge is 2.15. The molecule has 0 amide bonds. The van der Waals surface area contributed by atoms with Gasteiger partial charge in [0.05, 0.1) is 12.7 Å². The Hall–Kier alpha value is -1.09. The second-order valence-corrected chi connectivity index (χ2v) is 4.79. The number of aromatic nitrogens is 1. The van der Waals surface area contributed by atoms with Crippen molar-refractivity contribution in [1.29, 1.82) is 0 Å². The Bertz CT molecular complexity index is 357. The van der Waals surface area contributed by atoms with E-state index in [1.165, 1.54) is 25.7 Å². The van der Waals surface area contributed by atoms with Gasteiger partial charge < -0.3 is 9.84 Å². The summed E-state index contributed by atoms with van der Waals surface area (Å²) in [5.41, 5.74) is 1.58. The van der Waals surface area contributed by atoms with E-state index in [0.29, 0.717) is 11.8 Å².